The van der Waals surface area contributed by atoms with Gasteiger partial charge in [0.25, 0.3) is 0 Å². The van der Waals surface area contributed by atoms with E-state index in [2.05, 4.69) is 4.90 Å². The van der Waals surface area contributed by atoms with Gasteiger partial charge >= 0.3 is 5.97 Å². The summed E-state index contributed by atoms with van der Waals surface area (Å²) in [7, 11) is 0. The maximum absolute atomic E-state index is 11.1. The van der Waals surface area contributed by atoms with Crippen LogP contribution in [0.4, 0.5) is 0 Å². The Balaban J connectivity index is 1.77. The molecule has 0 saturated carbocycles. The normalized spacial score (nSPS) is 19.0. The summed E-state index contributed by atoms with van der Waals surface area (Å²) in [5, 5.41) is 9.07. The number of hydrogen-bond acceptors (Lipinski definition) is 3. The topological polar surface area (TPSA) is 53.7 Å². The van der Waals surface area contributed by atoms with Crippen molar-refractivity contribution < 1.29 is 14.3 Å². The summed E-state index contributed by atoms with van der Waals surface area (Å²) in [5.74, 6) is 1.07. The molecule has 0 spiro atoms. The molecule has 4 heteroatoms. The Morgan fingerprint density at radius 3 is 2.95 bits per heavy atom. The summed E-state index contributed by atoms with van der Waals surface area (Å²) >= 11 is 0. The van der Waals surface area contributed by atoms with E-state index in [0.717, 1.165) is 43.0 Å². The highest BCUT2D eigenvalue weighted by molar-refractivity contribution is 5.87. The van der Waals surface area contributed by atoms with Crippen LogP contribution in [-0.2, 0) is 6.54 Å². The second-order valence-electron chi connectivity index (χ2n) is 5.58. The number of hydrogen-bond donors (Lipinski definition) is 1. The molecule has 1 aromatic carbocycles. The lowest BCUT2D eigenvalue weighted by Gasteiger charge is -2.23. The molecule has 2 heterocycles. The molecule has 1 atom stereocenters. The average Bonchev–Trinajstić information content (AvgIpc) is 3.08. The van der Waals surface area contributed by atoms with E-state index in [9.17, 15) is 4.79 Å². The summed E-state index contributed by atoms with van der Waals surface area (Å²) in [6.45, 7) is 3.73. The van der Waals surface area contributed by atoms with E-state index in [1.54, 1.807) is 18.2 Å². The van der Waals surface area contributed by atoms with Gasteiger partial charge < -0.3 is 9.52 Å². The molecule has 0 aliphatic carbocycles. The molecule has 2 aromatic rings. The minimum Gasteiger partial charge on any atom is -0.478 e. The number of benzene rings is 1. The van der Waals surface area contributed by atoms with Gasteiger partial charge in [-0.1, -0.05) is 12.1 Å². The fourth-order valence-electron chi connectivity index (χ4n) is 3.01. The second kappa shape index (κ2) is 5.74. The zero-order valence-corrected chi connectivity index (χ0v) is 12.1. The lowest BCUT2D eigenvalue weighted by atomic mass is 10.1. The summed E-state index contributed by atoms with van der Waals surface area (Å²) in [6.07, 6.45) is 2.23. The first-order valence-electron chi connectivity index (χ1n) is 7.26. The largest absolute Gasteiger partial charge is 0.478 e. The highest BCUT2D eigenvalue weighted by Crippen LogP contribution is 2.34. The summed E-state index contributed by atoms with van der Waals surface area (Å²) in [6, 6.07) is 11.5. The van der Waals surface area contributed by atoms with Crippen LogP contribution in [0.15, 0.2) is 40.8 Å². The molecule has 1 unspecified atom stereocenters. The Morgan fingerprint density at radius 2 is 2.24 bits per heavy atom. The number of carboxylic acids is 1. The van der Waals surface area contributed by atoms with Gasteiger partial charge in [0.15, 0.2) is 0 Å². The number of likely N-dealkylation sites (tertiary alicyclic amines) is 1. The highest BCUT2D eigenvalue weighted by atomic mass is 16.4. The van der Waals surface area contributed by atoms with Crippen LogP contribution in [0.25, 0.3) is 0 Å². The summed E-state index contributed by atoms with van der Waals surface area (Å²) < 4.78 is 5.76. The van der Waals surface area contributed by atoms with Crippen molar-refractivity contribution >= 4 is 5.97 Å². The predicted molar refractivity (Wildman–Crippen MR) is 79.2 cm³/mol. The summed E-state index contributed by atoms with van der Waals surface area (Å²) in [5.41, 5.74) is 1.38. The molecule has 3 rings (SSSR count). The summed E-state index contributed by atoms with van der Waals surface area (Å²) in [4.78, 5) is 13.4. The predicted octanol–water partition coefficient (Wildman–Crippen LogP) is 3.62. The third-order valence-electron chi connectivity index (χ3n) is 4.01. The molecule has 1 N–H and O–H groups in total. The van der Waals surface area contributed by atoms with Crippen molar-refractivity contribution in [2.45, 2.75) is 32.4 Å². The van der Waals surface area contributed by atoms with Crippen LogP contribution in [0.1, 0.15) is 46.3 Å². The van der Waals surface area contributed by atoms with Gasteiger partial charge in [-0.15, -0.1) is 0 Å². The van der Waals surface area contributed by atoms with E-state index in [-0.39, 0.29) is 0 Å². The van der Waals surface area contributed by atoms with Crippen LogP contribution >= 0.6 is 0 Å². The van der Waals surface area contributed by atoms with Gasteiger partial charge in [-0.25, -0.2) is 4.79 Å². The van der Waals surface area contributed by atoms with Gasteiger partial charge in [0.05, 0.1) is 11.6 Å². The van der Waals surface area contributed by atoms with E-state index in [0.29, 0.717) is 11.6 Å². The zero-order chi connectivity index (χ0) is 14.8. The molecule has 21 heavy (non-hydrogen) atoms. The fourth-order valence-corrected chi connectivity index (χ4v) is 3.01. The van der Waals surface area contributed by atoms with Gasteiger partial charge in [0.2, 0.25) is 0 Å². The Kier molecular flexibility index (Phi) is 3.80. The lowest BCUT2D eigenvalue weighted by Crippen LogP contribution is -2.22. The molecular formula is C17H19NO3. The van der Waals surface area contributed by atoms with Crippen molar-refractivity contribution in [3.05, 3.63) is 59.0 Å². The number of aromatic carboxylic acids is 1. The maximum Gasteiger partial charge on any atom is 0.335 e. The fraction of sp³-hybridized carbons (Fsp3) is 0.353. The zero-order valence-electron chi connectivity index (χ0n) is 12.1. The molecule has 1 aromatic heterocycles. The first-order chi connectivity index (χ1) is 10.1. The van der Waals surface area contributed by atoms with E-state index in [1.807, 2.05) is 25.1 Å². The third-order valence-corrected chi connectivity index (χ3v) is 4.01. The lowest BCUT2D eigenvalue weighted by molar-refractivity contribution is 0.0696. The van der Waals surface area contributed by atoms with Crippen molar-refractivity contribution in [2.75, 3.05) is 6.54 Å². The van der Waals surface area contributed by atoms with Gasteiger partial charge in [0.1, 0.15) is 11.5 Å². The highest BCUT2D eigenvalue weighted by Gasteiger charge is 2.28. The average molecular weight is 285 g/mol. The van der Waals surface area contributed by atoms with Crippen molar-refractivity contribution in [3.8, 4) is 0 Å². The molecular weight excluding hydrogens is 266 g/mol. The Morgan fingerprint density at radius 1 is 1.38 bits per heavy atom. The van der Waals surface area contributed by atoms with Gasteiger partial charge in [-0.2, -0.15) is 0 Å². The van der Waals surface area contributed by atoms with E-state index in [1.165, 1.54) is 0 Å². The van der Waals surface area contributed by atoms with Crippen LogP contribution in [0.2, 0.25) is 0 Å². The molecule has 1 fully saturated rings. The Hall–Kier alpha value is -2.07. The van der Waals surface area contributed by atoms with Gasteiger partial charge in [-0.3, -0.25) is 4.90 Å². The Labute approximate surface area is 124 Å². The molecule has 1 saturated heterocycles. The molecule has 1 aliphatic heterocycles. The molecule has 0 bridgehead atoms. The maximum atomic E-state index is 11.1. The van der Waals surface area contributed by atoms with Crippen LogP contribution in [-0.4, -0.2) is 22.5 Å². The Bertz CT molecular complexity index is 647. The van der Waals surface area contributed by atoms with Crippen LogP contribution in [0.5, 0.6) is 0 Å². The van der Waals surface area contributed by atoms with Crippen LogP contribution in [0, 0.1) is 6.92 Å². The van der Waals surface area contributed by atoms with Gasteiger partial charge in [0, 0.05) is 6.54 Å². The van der Waals surface area contributed by atoms with Crippen LogP contribution < -0.4 is 0 Å². The molecule has 0 radical (unpaired) electrons. The van der Waals surface area contributed by atoms with E-state index >= 15 is 0 Å². The number of carbonyl (C=O) groups is 1. The number of aryl methyl sites for hydroxylation is 1. The molecule has 0 amide bonds. The standard InChI is InChI=1S/C17H19NO3/c1-12-7-8-16(21-12)15-6-3-9-18(15)11-13-4-2-5-14(10-13)17(19)20/h2,4-5,7-8,10,15H,3,6,9,11H2,1H3,(H,19,20). The van der Waals surface area contributed by atoms with Crippen molar-refractivity contribution in [3.63, 3.8) is 0 Å². The first kappa shape index (κ1) is 13.9. The number of rotatable bonds is 4. The molecule has 110 valence electrons. The number of furan rings is 1. The smallest absolute Gasteiger partial charge is 0.335 e. The minimum atomic E-state index is -0.878. The van der Waals surface area contributed by atoms with Crippen LogP contribution in [0.3, 0.4) is 0 Å². The van der Waals surface area contributed by atoms with Crippen molar-refractivity contribution in [1.29, 1.82) is 0 Å². The van der Waals surface area contributed by atoms with Gasteiger partial charge in [-0.05, 0) is 56.1 Å². The first-order valence-corrected chi connectivity index (χ1v) is 7.26. The van der Waals surface area contributed by atoms with Crippen molar-refractivity contribution in [2.24, 2.45) is 0 Å². The quantitative estimate of drug-likeness (QED) is 0.932. The molecule has 1 aliphatic rings. The second-order valence-corrected chi connectivity index (χ2v) is 5.58. The minimum absolute atomic E-state index is 0.298. The third kappa shape index (κ3) is 3.00. The van der Waals surface area contributed by atoms with E-state index < -0.39 is 5.97 Å². The number of carboxylic acid groups (broad SMARTS) is 1. The number of nitrogens with zero attached hydrogens (tertiary/aromatic N) is 1. The SMILES string of the molecule is Cc1ccc(C2CCCN2Cc2cccc(C(=O)O)c2)o1. The van der Waals surface area contributed by atoms with E-state index in [4.69, 9.17) is 9.52 Å². The molecule has 4 nitrogen and oxygen atoms in total. The van der Waals surface area contributed by atoms with Crippen molar-refractivity contribution in [1.82, 2.24) is 4.90 Å². The monoisotopic (exact) mass is 285 g/mol.